The first kappa shape index (κ1) is 17.7. The quantitative estimate of drug-likeness (QED) is 0.886. The molecule has 1 N–H and O–H groups in total. The van der Waals surface area contributed by atoms with Crippen LogP contribution in [0.25, 0.3) is 0 Å². The number of likely N-dealkylation sites (tertiary alicyclic amines) is 1. The van der Waals surface area contributed by atoms with Gasteiger partial charge in [0, 0.05) is 25.7 Å². The van der Waals surface area contributed by atoms with E-state index in [1.807, 2.05) is 6.07 Å². The number of carbonyl (C=O) groups is 2. The molecular weight excluding hydrogens is 325 g/mol. The summed E-state index contributed by atoms with van der Waals surface area (Å²) in [6.45, 7) is 1.02. The maximum absolute atomic E-state index is 13.2. The van der Waals surface area contributed by atoms with Gasteiger partial charge in [-0.3, -0.25) is 9.59 Å². The van der Waals surface area contributed by atoms with Gasteiger partial charge in [-0.15, -0.1) is 0 Å². The lowest BCUT2D eigenvalue weighted by Gasteiger charge is -2.40. The summed E-state index contributed by atoms with van der Waals surface area (Å²) in [6.07, 6.45) is -3.60. The number of nitriles is 1. The molecular formula is C15H15F3N4O2. The first-order valence-corrected chi connectivity index (χ1v) is 7.23. The predicted octanol–water partition coefficient (Wildman–Crippen LogP) is 1.62. The maximum atomic E-state index is 13.2. The van der Waals surface area contributed by atoms with Gasteiger partial charge < -0.3 is 10.2 Å². The van der Waals surface area contributed by atoms with Crippen LogP contribution < -0.4 is 5.32 Å². The zero-order valence-corrected chi connectivity index (χ0v) is 12.8. The van der Waals surface area contributed by atoms with Crippen LogP contribution in [0.1, 0.15) is 35.8 Å². The third-order valence-corrected chi connectivity index (χ3v) is 3.74. The molecule has 0 aliphatic carbocycles. The summed E-state index contributed by atoms with van der Waals surface area (Å²) >= 11 is 0. The summed E-state index contributed by atoms with van der Waals surface area (Å²) in [5.74, 6) is -1.24. The molecule has 0 aromatic carbocycles. The fraction of sp³-hybridized carbons (Fsp3) is 0.467. The molecule has 2 heterocycles. The van der Waals surface area contributed by atoms with Gasteiger partial charge >= 0.3 is 6.18 Å². The number of hydrogen-bond acceptors (Lipinski definition) is 4. The number of aromatic nitrogens is 1. The highest BCUT2D eigenvalue weighted by atomic mass is 19.4. The predicted molar refractivity (Wildman–Crippen MR) is 76.7 cm³/mol. The number of nitrogens with one attached hydrogen (secondary N) is 1. The van der Waals surface area contributed by atoms with Gasteiger partial charge in [0.15, 0.2) is 0 Å². The standard InChI is InChI=1S/C15H15F3N4O2/c1-9(23)21-11-3-5-13(15(16,17)18)22(8-11)14(24)12-4-2-10(6-19)7-20-12/h2,4,7,11,13H,3,5,8H2,1H3,(H,21,23)/t11-,13-/m0/s1. The highest BCUT2D eigenvalue weighted by Crippen LogP contribution is 2.32. The molecule has 0 saturated carbocycles. The zero-order valence-electron chi connectivity index (χ0n) is 12.8. The summed E-state index contributed by atoms with van der Waals surface area (Å²) in [6, 6.07) is 1.89. The summed E-state index contributed by atoms with van der Waals surface area (Å²) in [4.78, 5) is 28.0. The molecule has 0 bridgehead atoms. The number of carbonyl (C=O) groups excluding carboxylic acids is 2. The molecule has 128 valence electrons. The Morgan fingerprint density at radius 3 is 2.58 bits per heavy atom. The Morgan fingerprint density at radius 2 is 2.08 bits per heavy atom. The van der Waals surface area contributed by atoms with E-state index in [1.165, 1.54) is 19.1 Å². The van der Waals surface area contributed by atoms with E-state index < -0.39 is 24.2 Å². The fourth-order valence-electron chi connectivity index (χ4n) is 2.67. The highest BCUT2D eigenvalue weighted by molar-refractivity contribution is 5.92. The van der Waals surface area contributed by atoms with Crippen molar-refractivity contribution in [3.8, 4) is 6.07 Å². The molecule has 0 unspecified atom stereocenters. The molecule has 0 spiro atoms. The average Bonchev–Trinajstić information content (AvgIpc) is 2.52. The number of amides is 2. The maximum Gasteiger partial charge on any atom is 0.408 e. The Labute approximate surface area is 136 Å². The molecule has 2 rings (SSSR count). The molecule has 1 aromatic heterocycles. The van der Waals surface area contributed by atoms with E-state index in [1.54, 1.807) is 0 Å². The van der Waals surface area contributed by atoms with Gasteiger partial charge in [-0.05, 0) is 25.0 Å². The van der Waals surface area contributed by atoms with Crippen molar-refractivity contribution in [3.05, 3.63) is 29.6 Å². The van der Waals surface area contributed by atoms with E-state index in [-0.39, 0.29) is 36.6 Å². The number of pyridine rings is 1. The number of rotatable bonds is 2. The van der Waals surface area contributed by atoms with Crippen molar-refractivity contribution in [1.82, 2.24) is 15.2 Å². The normalized spacial score (nSPS) is 21.0. The number of nitrogens with zero attached hydrogens (tertiary/aromatic N) is 3. The van der Waals surface area contributed by atoms with Crippen LogP contribution in [0.2, 0.25) is 0 Å². The van der Waals surface area contributed by atoms with Crippen LogP contribution >= 0.6 is 0 Å². The number of alkyl halides is 3. The SMILES string of the molecule is CC(=O)N[C@H]1CC[C@@H](C(F)(F)F)N(C(=O)c2ccc(C#N)cn2)C1. The molecule has 1 aliphatic heterocycles. The van der Waals surface area contributed by atoms with Crippen molar-refractivity contribution in [2.75, 3.05) is 6.54 Å². The van der Waals surface area contributed by atoms with Gasteiger partial charge in [0.2, 0.25) is 5.91 Å². The highest BCUT2D eigenvalue weighted by Gasteiger charge is 2.48. The Balaban J connectivity index is 2.26. The second kappa shape index (κ2) is 6.86. The number of piperidine rings is 1. The Kier molecular flexibility index (Phi) is 5.07. The van der Waals surface area contributed by atoms with Gasteiger partial charge in [-0.2, -0.15) is 18.4 Å². The summed E-state index contributed by atoms with van der Waals surface area (Å²) in [7, 11) is 0. The van der Waals surface area contributed by atoms with Gasteiger partial charge in [0.25, 0.3) is 5.91 Å². The van der Waals surface area contributed by atoms with Crippen LogP contribution in [0.4, 0.5) is 13.2 Å². The molecule has 2 amide bonds. The van der Waals surface area contributed by atoms with E-state index in [0.717, 1.165) is 6.20 Å². The molecule has 2 atom stereocenters. The van der Waals surface area contributed by atoms with Crippen molar-refractivity contribution >= 4 is 11.8 Å². The van der Waals surface area contributed by atoms with E-state index >= 15 is 0 Å². The van der Waals surface area contributed by atoms with Crippen molar-refractivity contribution < 1.29 is 22.8 Å². The molecule has 0 radical (unpaired) electrons. The number of hydrogen-bond donors (Lipinski definition) is 1. The van der Waals surface area contributed by atoms with Crippen molar-refractivity contribution in [2.45, 2.75) is 38.0 Å². The Hall–Kier alpha value is -2.63. The number of halogens is 3. The first-order valence-electron chi connectivity index (χ1n) is 7.23. The van der Waals surface area contributed by atoms with Crippen molar-refractivity contribution in [1.29, 1.82) is 5.26 Å². The van der Waals surface area contributed by atoms with E-state index in [2.05, 4.69) is 10.3 Å². The smallest absolute Gasteiger partial charge is 0.352 e. The fourth-order valence-corrected chi connectivity index (χ4v) is 2.67. The summed E-state index contributed by atoms with van der Waals surface area (Å²) in [5, 5.41) is 11.3. The minimum Gasteiger partial charge on any atom is -0.352 e. The van der Waals surface area contributed by atoms with Gasteiger partial charge in [-0.1, -0.05) is 0 Å². The third-order valence-electron chi connectivity index (χ3n) is 3.74. The lowest BCUT2D eigenvalue weighted by atomic mass is 9.97. The second-order valence-electron chi connectivity index (χ2n) is 5.53. The minimum atomic E-state index is -4.57. The van der Waals surface area contributed by atoms with Crippen LogP contribution in [0.5, 0.6) is 0 Å². The molecule has 1 saturated heterocycles. The lowest BCUT2D eigenvalue weighted by Crippen LogP contribution is -2.58. The second-order valence-corrected chi connectivity index (χ2v) is 5.53. The lowest BCUT2D eigenvalue weighted by molar-refractivity contribution is -0.184. The monoisotopic (exact) mass is 340 g/mol. The van der Waals surface area contributed by atoms with Crippen LogP contribution in [-0.4, -0.2) is 46.5 Å². The van der Waals surface area contributed by atoms with Gasteiger partial charge in [0.05, 0.1) is 5.56 Å². The molecule has 1 aromatic rings. The van der Waals surface area contributed by atoms with Gasteiger partial charge in [0.1, 0.15) is 17.8 Å². The third kappa shape index (κ3) is 4.01. The Bertz CT molecular complexity index is 667. The van der Waals surface area contributed by atoms with Crippen LogP contribution in [0, 0.1) is 11.3 Å². The van der Waals surface area contributed by atoms with E-state index in [9.17, 15) is 22.8 Å². The summed E-state index contributed by atoms with van der Waals surface area (Å²) < 4.78 is 39.7. The average molecular weight is 340 g/mol. The van der Waals surface area contributed by atoms with Gasteiger partial charge in [-0.25, -0.2) is 4.98 Å². The van der Waals surface area contributed by atoms with Crippen LogP contribution in [-0.2, 0) is 4.79 Å². The first-order chi connectivity index (χ1) is 11.2. The Morgan fingerprint density at radius 1 is 1.38 bits per heavy atom. The van der Waals surface area contributed by atoms with Crippen LogP contribution in [0.3, 0.4) is 0 Å². The zero-order chi connectivity index (χ0) is 17.9. The van der Waals surface area contributed by atoms with Crippen molar-refractivity contribution in [3.63, 3.8) is 0 Å². The summed E-state index contributed by atoms with van der Waals surface area (Å²) in [5.41, 5.74) is 0.0282. The largest absolute Gasteiger partial charge is 0.408 e. The molecule has 9 heteroatoms. The van der Waals surface area contributed by atoms with Crippen LogP contribution in [0.15, 0.2) is 18.3 Å². The molecule has 6 nitrogen and oxygen atoms in total. The van der Waals surface area contributed by atoms with Crippen molar-refractivity contribution in [2.24, 2.45) is 0 Å². The van der Waals surface area contributed by atoms with E-state index in [0.29, 0.717) is 4.90 Å². The molecule has 24 heavy (non-hydrogen) atoms. The topological polar surface area (TPSA) is 86.1 Å². The van der Waals surface area contributed by atoms with E-state index in [4.69, 9.17) is 5.26 Å². The molecule has 1 aliphatic rings. The minimum absolute atomic E-state index is 0.133. The molecule has 1 fully saturated rings.